The van der Waals surface area contributed by atoms with Gasteiger partial charge in [0.1, 0.15) is 11.4 Å². The minimum Gasteiger partial charge on any atom is -0.444 e. The molecule has 2 rings (SSSR count). The molecule has 4 atom stereocenters. The smallest absolute Gasteiger partial charge is 0.444 e. The maximum atomic E-state index is 13.1. The normalized spacial score (nSPS) is 25.5. The molecule has 2 aliphatic rings. The summed E-state index contributed by atoms with van der Waals surface area (Å²) in [7, 11) is -8.25. The van der Waals surface area contributed by atoms with Gasteiger partial charge in [0.25, 0.3) is 0 Å². The van der Waals surface area contributed by atoms with E-state index < -0.39 is 59.7 Å². The molecule has 1 unspecified atom stereocenters. The fourth-order valence-corrected chi connectivity index (χ4v) is 5.92. The molecule has 1 saturated heterocycles. The Hall–Kier alpha value is -1.27. The zero-order valence-electron chi connectivity index (χ0n) is 20.7. The monoisotopic (exact) mass is 515 g/mol. The molecule has 2 heterocycles. The molecule has 0 aliphatic carbocycles. The number of carbonyl (C=O) groups excluding carboxylic acids is 1. The van der Waals surface area contributed by atoms with E-state index >= 15 is 0 Å². The topological polar surface area (TPSA) is 82.1 Å². The maximum absolute atomic E-state index is 13.1. The molecule has 1 amide bonds. The maximum Gasteiger partial charge on any atom is 0.534 e. The van der Waals surface area contributed by atoms with E-state index in [4.69, 9.17) is 9.16 Å². The van der Waals surface area contributed by atoms with Gasteiger partial charge in [0.15, 0.2) is 8.32 Å². The summed E-state index contributed by atoms with van der Waals surface area (Å²) in [5.41, 5.74) is -6.33. The van der Waals surface area contributed by atoms with Crippen LogP contribution in [0.5, 0.6) is 0 Å². The summed E-state index contributed by atoms with van der Waals surface area (Å²) in [5.74, 6) is -1.23. The zero-order chi connectivity index (χ0) is 25.8. The van der Waals surface area contributed by atoms with Crippen LogP contribution in [0.3, 0.4) is 0 Å². The molecule has 0 aromatic rings. The van der Waals surface area contributed by atoms with Crippen molar-refractivity contribution >= 4 is 24.5 Å². The van der Waals surface area contributed by atoms with Crippen molar-refractivity contribution in [2.24, 2.45) is 5.92 Å². The molecule has 2 aliphatic heterocycles. The van der Waals surface area contributed by atoms with Crippen LogP contribution in [0.25, 0.3) is 0 Å². The van der Waals surface area contributed by atoms with Gasteiger partial charge in [-0.15, -0.1) is 0 Å². The van der Waals surface area contributed by atoms with Crippen molar-refractivity contribution in [2.45, 2.75) is 109 Å². The third kappa shape index (κ3) is 6.05. The Morgan fingerprint density at radius 3 is 2.12 bits per heavy atom. The first kappa shape index (κ1) is 28.0. The van der Waals surface area contributed by atoms with Crippen LogP contribution in [0, 0.1) is 5.92 Å². The second-order valence-electron chi connectivity index (χ2n) is 11.3. The number of hydrogen-bond donors (Lipinski definition) is 0. The predicted octanol–water partition coefficient (Wildman–Crippen LogP) is 5.54. The van der Waals surface area contributed by atoms with Crippen LogP contribution in [-0.2, 0) is 23.5 Å². The third-order valence-corrected chi connectivity index (χ3v) is 12.0. The average Bonchev–Trinajstić information content (AvgIpc) is 2.85. The minimum absolute atomic E-state index is 0.193. The molecule has 0 aromatic carbocycles. The van der Waals surface area contributed by atoms with E-state index in [-0.39, 0.29) is 10.8 Å². The number of rotatable bonds is 5. The number of hydrogen-bond acceptors (Lipinski definition) is 6. The van der Waals surface area contributed by atoms with E-state index in [1.165, 1.54) is 11.0 Å². The molecule has 0 N–H and O–H groups in total. The third-order valence-electron chi connectivity index (χ3n) is 6.46. The highest BCUT2D eigenvalue weighted by atomic mass is 32.2. The lowest BCUT2D eigenvalue weighted by Crippen LogP contribution is -2.54. The fraction of sp³-hybridized carbons (Fsp3) is 0.857. The van der Waals surface area contributed by atoms with Crippen molar-refractivity contribution in [2.75, 3.05) is 0 Å². The van der Waals surface area contributed by atoms with E-state index in [9.17, 15) is 26.4 Å². The number of ether oxygens (including phenoxy) is 1. The zero-order valence-corrected chi connectivity index (χ0v) is 22.6. The molecule has 7 nitrogen and oxygen atoms in total. The Kier molecular flexibility index (Phi) is 7.41. The van der Waals surface area contributed by atoms with Gasteiger partial charge in [-0.2, -0.15) is 21.6 Å². The van der Waals surface area contributed by atoms with Crippen molar-refractivity contribution in [3.8, 4) is 0 Å². The summed E-state index contributed by atoms with van der Waals surface area (Å²) in [5, 5.41) is -0.193. The van der Waals surface area contributed by atoms with Gasteiger partial charge in [0.05, 0.1) is 18.1 Å². The van der Waals surface area contributed by atoms with Crippen LogP contribution in [-0.4, -0.2) is 57.0 Å². The molecule has 0 spiro atoms. The molecule has 0 saturated carbocycles. The molecular formula is C21H36F3NO6SSi. The first-order valence-electron chi connectivity index (χ1n) is 11.0. The number of alkyl halides is 3. The van der Waals surface area contributed by atoms with Crippen LogP contribution in [0.1, 0.15) is 61.3 Å². The number of halogens is 3. The standard InChI is InChI=1S/C21H36F3NO6SSi/c1-13(31-33(8,9)20(5,6)7)17-15-11-10-14(25(15)18(26)29-19(2,3)4)12-16(17)30-32(27,28)21(22,23)24/h12-15,17H,10-11H2,1-9H3/t13?,14-,15+,17-/m1/s1. The quantitative estimate of drug-likeness (QED) is 0.271. The summed E-state index contributed by atoms with van der Waals surface area (Å²) < 4.78 is 79.6. The average molecular weight is 516 g/mol. The molecule has 33 heavy (non-hydrogen) atoms. The Bertz CT molecular complexity index is 889. The van der Waals surface area contributed by atoms with Gasteiger partial charge in [0, 0.05) is 6.04 Å². The summed E-state index contributed by atoms with van der Waals surface area (Å²) in [6, 6.07) is -1.24. The van der Waals surface area contributed by atoms with Gasteiger partial charge in [-0.1, -0.05) is 20.8 Å². The lowest BCUT2D eigenvalue weighted by Gasteiger charge is -2.45. The van der Waals surface area contributed by atoms with Gasteiger partial charge in [-0.05, 0) is 64.7 Å². The molecule has 192 valence electrons. The highest BCUT2D eigenvalue weighted by Crippen LogP contribution is 2.46. The van der Waals surface area contributed by atoms with Gasteiger partial charge in [-0.3, -0.25) is 4.90 Å². The van der Waals surface area contributed by atoms with Gasteiger partial charge in [-0.25, -0.2) is 4.79 Å². The first-order chi connectivity index (χ1) is 14.6. The summed E-state index contributed by atoms with van der Waals surface area (Å²) >= 11 is 0. The Balaban J connectivity index is 2.49. The van der Waals surface area contributed by atoms with Crippen molar-refractivity contribution in [3.05, 3.63) is 11.8 Å². The fourth-order valence-electron chi connectivity index (χ4n) is 3.97. The van der Waals surface area contributed by atoms with Crippen molar-refractivity contribution in [1.82, 2.24) is 4.90 Å². The summed E-state index contributed by atoms with van der Waals surface area (Å²) in [6.45, 7) is 16.9. The Morgan fingerprint density at radius 1 is 1.12 bits per heavy atom. The largest absolute Gasteiger partial charge is 0.534 e. The van der Waals surface area contributed by atoms with E-state index in [2.05, 4.69) is 4.18 Å². The highest BCUT2D eigenvalue weighted by Gasteiger charge is 2.55. The van der Waals surface area contributed by atoms with E-state index in [0.717, 1.165) is 0 Å². The number of nitrogens with zero attached hydrogens (tertiary/aromatic N) is 1. The van der Waals surface area contributed by atoms with Gasteiger partial charge >= 0.3 is 21.7 Å². The van der Waals surface area contributed by atoms with Crippen LogP contribution in [0.15, 0.2) is 11.8 Å². The van der Waals surface area contributed by atoms with Crippen molar-refractivity contribution in [1.29, 1.82) is 0 Å². The van der Waals surface area contributed by atoms with Crippen molar-refractivity contribution < 1.29 is 39.7 Å². The van der Waals surface area contributed by atoms with E-state index in [1.54, 1.807) is 27.7 Å². The molecule has 12 heteroatoms. The second-order valence-corrected chi connectivity index (χ2v) is 17.6. The highest BCUT2D eigenvalue weighted by molar-refractivity contribution is 7.87. The predicted molar refractivity (Wildman–Crippen MR) is 120 cm³/mol. The molecule has 0 radical (unpaired) electrons. The molecule has 0 aromatic heterocycles. The van der Waals surface area contributed by atoms with Gasteiger partial charge in [0.2, 0.25) is 0 Å². The molecule has 1 fully saturated rings. The summed E-state index contributed by atoms with van der Waals surface area (Å²) in [4.78, 5) is 14.4. The number of amides is 1. The van der Waals surface area contributed by atoms with E-state index in [1.807, 2.05) is 33.9 Å². The number of carbonyl (C=O) groups is 1. The number of fused-ring (bicyclic) bond motifs is 2. The van der Waals surface area contributed by atoms with Crippen LogP contribution in [0.2, 0.25) is 18.1 Å². The lowest BCUT2D eigenvalue weighted by molar-refractivity contribution is -0.0547. The van der Waals surface area contributed by atoms with Crippen molar-refractivity contribution in [3.63, 3.8) is 0 Å². The SMILES string of the molecule is CC(O[Si](C)(C)C(C)(C)C)[C@H]1C(OS(=O)(=O)C(F)(F)F)=C[C@H]2CC[C@@H]1N2C(=O)OC(C)(C)C. The Labute approximate surface area is 195 Å². The molecule has 2 bridgehead atoms. The summed E-state index contributed by atoms with van der Waals surface area (Å²) in [6.07, 6.45) is 0.900. The Morgan fingerprint density at radius 2 is 1.67 bits per heavy atom. The second kappa shape index (κ2) is 8.74. The molecular weight excluding hydrogens is 479 g/mol. The first-order valence-corrected chi connectivity index (χ1v) is 15.3. The van der Waals surface area contributed by atoms with Gasteiger partial charge < -0.3 is 13.3 Å². The van der Waals surface area contributed by atoms with E-state index in [0.29, 0.717) is 12.8 Å². The van der Waals surface area contributed by atoms with Crippen LogP contribution >= 0.6 is 0 Å². The lowest BCUT2D eigenvalue weighted by atomic mass is 9.89. The minimum atomic E-state index is -5.87. The van der Waals surface area contributed by atoms with Crippen LogP contribution in [0.4, 0.5) is 18.0 Å². The van der Waals surface area contributed by atoms with Crippen LogP contribution < -0.4 is 0 Å².